The molecule has 0 heterocycles. The molecule has 0 bridgehead atoms. The van der Waals surface area contributed by atoms with Crippen molar-refractivity contribution in [2.45, 2.75) is 25.0 Å². The second-order valence-electron chi connectivity index (χ2n) is 7.04. The van der Waals surface area contributed by atoms with Crippen LogP contribution in [-0.4, -0.2) is 19.0 Å². The summed E-state index contributed by atoms with van der Waals surface area (Å²) < 4.78 is 10.3. The zero-order chi connectivity index (χ0) is 20.3. The smallest absolute Gasteiger partial charge is 0.146 e. The van der Waals surface area contributed by atoms with Crippen molar-refractivity contribution in [2.75, 3.05) is 13.9 Å². The first kappa shape index (κ1) is 21.0. The van der Waals surface area contributed by atoms with Gasteiger partial charge in [0.05, 0.1) is 12.7 Å². The van der Waals surface area contributed by atoms with Crippen LogP contribution < -0.4 is 0 Å². The first-order valence-electron chi connectivity index (χ1n) is 9.88. The molecular weight excluding hydrogens is 360 g/mol. The van der Waals surface area contributed by atoms with Crippen LogP contribution in [0.5, 0.6) is 0 Å². The molecule has 1 N–H and O–H groups in total. The molecular formula is C26H28O3. The van der Waals surface area contributed by atoms with Crippen LogP contribution in [0.25, 0.3) is 6.08 Å². The van der Waals surface area contributed by atoms with Gasteiger partial charge in [-0.1, -0.05) is 97.1 Å². The second-order valence-corrected chi connectivity index (χ2v) is 7.04. The van der Waals surface area contributed by atoms with Gasteiger partial charge in [0.2, 0.25) is 0 Å². The Kier molecular flexibility index (Phi) is 8.20. The van der Waals surface area contributed by atoms with Crippen molar-refractivity contribution in [3.05, 3.63) is 113 Å². The molecule has 0 saturated carbocycles. The largest absolute Gasteiger partial charge is 0.388 e. The Morgan fingerprint density at radius 2 is 1.45 bits per heavy atom. The van der Waals surface area contributed by atoms with Gasteiger partial charge in [-0.2, -0.15) is 0 Å². The monoisotopic (exact) mass is 388 g/mol. The summed E-state index contributed by atoms with van der Waals surface area (Å²) in [7, 11) is 1.62. The lowest BCUT2D eigenvalue weighted by Gasteiger charge is -2.18. The molecule has 0 fully saturated rings. The summed E-state index contributed by atoms with van der Waals surface area (Å²) in [5, 5.41) is 10.7. The van der Waals surface area contributed by atoms with Crippen LogP contribution in [0, 0.1) is 0 Å². The van der Waals surface area contributed by atoms with Gasteiger partial charge in [-0.05, 0) is 28.7 Å². The predicted molar refractivity (Wildman–Crippen MR) is 117 cm³/mol. The van der Waals surface area contributed by atoms with Gasteiger partial charge in [0.25, 0.3) is 0 Å². The van der Waals surface area contributed by atoms with Crippen molar-refractivity contribution >= 4 is 6.08 Å². The summed E-state index contributed by atoms with van der Waals surface area (Å²) in [6.07, 6.45) is 4.42. The fourth-order valence-electron chi connectivity index (χ4n) is 3.27. The average molecular weight is 389 g/mol. The summed E-state index contributed by atoms with van der Waals surface area (Å²) in [5.41, 5.74) is 4.37. The average Bonchev–Trinajstić information content (AvgIpc) is 2.79. The second kappa shape index (κ2) is 11.3. The van der Waals surface area contributed by atoms with E-state index in [4.69, 9.17) is 9.47 Å². The summed E-state index contributed by atoms with van der Waals surface area (Å²) in [4.78, 5) is 0. The van der Waals surface area contributed by atoms with E-state index in [1.165, 1.54) is 5.56 Å². The minimum Gasteiger partial charge on any atom is -0.388 e. The van der Waals surface area contributed by atoms with Crippen LogP contribution in [0.3, 0.4) is 0 Å². The lowest BCUT2D eigenvalue weighted by Crippen LogP contribution is -2.04. The topological polar surface area (TPSA) is 38.7 Å². The van der Waals surface area contributed by atoms with Crippen LogP contribution in [-0.2, 0) is 16.1 Å². The number of benzene rings is 3. The van der Waals surface area contributed by atoms with Crippen LogP contribution in [0.15, 0.2) is 91.0 Å². The summed E-state index contributed by atoms with van der Waals surface area (Å²) in [6, 6.07) is 28.4. The van der Waals surface area contributed by atoms with E-state index in [1.807, 2.05) is 48.5 Å². The minimum absolute atomic E-state index is 0.121. The lowest BCUT2D eigenvalue weighted by atomic mass is 9.90. The molecule has 0 aliphatic heterocycles. The zero-order valence-electron chi connectivity index (χ0n) is 16.8. The Hall–Kier alpha value is -2.72. The summed E-state index contributed by atoms with van der Waals surface area (Å²) >= 11 is 0. The van der Waals surface area contributed by atoms with Gasteiger partial charge in [-0.3, -0.25) is 0 Å². The lowest BCUT2D eigenvalue weighted by molar-refractivity contribution is -0.0390. The normalized spacial score (nSPS) is 13.4. The third kappa shape index (κ3) is 6.68. The molecule has 0 spiro atoms. The molecule has 3 nitrogen and oxygen atoms in total. The summed E-state index contributed by atoms with van der Waals surface area (Å²) in [6.45, 7) is 0.831. The molecule has 150 valence electrons. The number of rotatable bonds is 10. The van der Waals surface area contributed by atoms with Crippen LogP contribution >= 0.6 is 0 Å². The first-order valence-corrected chi connectivity index (χ1v) is 9.88. The number of ether oxygens (including phenoxy) is 2. The number of hydrogen-bond acceptors (Lipinski definition) is 3. The van der Waals surface area contributed by atoms with Crippen molar-refractivity contribution in [1.82, 2.24) is 0 Å². The maximum Gasteiger partial charge on any atom is 0.146 e. The van der Waals surface area contributed by atoms with E-state index in [-0.39, 0.29) is 5.92 Å². The number of hydrogen-bond donors (Lipinski definition) is 1. The molecule has 3 rings (SSSR count). The fraction of sp³-hybridized carbons (Fsp3) is 0.231. The van der Waals surface area contributed by atoms with Crippen LogP contribution in [0.1, 0.15) is 40.7 Å². The van der Waals surface area contributed by atoms with E-state index >= 15 is 0 Å². The van der Waals surface area contributed by atoms with Gasteiger partial charge < -0.3 is 14.6 Å². The fourth-order valence-corrected chi connectivity index (χ4v) is 3.27. The quantitative estimate of drug-likeness (QED) is 0.356. The standard InChI is InChI=1S/C26H28O3/c1-28-20-29-19-22-14-12-21(13-15-22)16-17-25(23-8-4-2-5-9-23)18-26(27)24-10-6-3-7-11-24/h2-17,25-27H,18-20H2,1H3/b17-16+/t25-,26+/m1/s1. The zero-order valence-corrected chi connectivity index (χ0v) is 16.8. The maximum absolute atomic E-state index is 10.7. The van der Waals surface area contributed by atoms with Gasteiger partial charge in [-0.15, -0.1) is 0 Å². The van der Waals surface area contributed by atoms with Crippen LogP contribution in [0.4, 0.5) is 0 Å². The van der Waals surface area contributed by atoms with E-state index in [0.29, 0.717) is 19.8 Å². The van der Waals surface area contributed by atoms with E-state index < -0.39 is 6.10 Å². The third-order valence-electron chi connectivity index (χ3n) is 4.86. The van der Waals surface area contributed by atoms with Crippen molar-refractivity contribution in [1.29, 1.82) is 0 Å². The van der Waals surface area contributed by atoms with E-state index in [9.17, 15) is 5.11 Å². The van der Waals surface area contributed by atoms with E-state index in [2.05, 4.69) is 48.6 Å². The van der Waals surface area contributed by atoms with Gasteiger partial charge in [-0.25, -0.2) is 0 Å². The number of aliphatic hydroxyl groups is 1. The molecule has 29 heavy (non-hydrogen) atoms. The molecule has 3 heteroatoms. The molecule has 0 aliphatic carbocycles. The van der Waals surface area contributed by atoms with Gasteiger partial charge >= 0.3 is 0 Å². The maximum atomic E-state index is 10.7. The molecule has 2 atom stereocenters. The Morgan fingerprint density at radius 3 is 2.07 bits per heavy atom. The van der Waals surface area contributed by atoms with E-state index in [0.717, 1.165) is 16.7 Å². The van der Waals surface area contributed by atoms with Crippen molar-refractivity contribution in [2.24, 2.45) is 0 Å². The molecule has 0 radical (unpaired) electrons. The number of methoxy groups -OCH3 is 1. The molecule has 3 aromatic carbocycles. The molecule has 0 aromatic heterocycles. The van der Waals surface area contributed by atoms with Gasteiger partial charge in [0, 0.05) is 13.0 Å². The molecule has 0 amide bonds. The predicted octanol–water partition coefficient (Wildman–Crippen LogP) is 5.73. The summed E-state index contributed by atoms with van der Waals surface area (Å²) in [5.74, 6) is 0.121. The third-order valence-corrected chi connectivity index (χ3v) is 4.86. The van der Waals surface area contributed by atoms with Gasteiger partial charge in [0.15, 0.2) is 0 Å². The van der Waals surface area contributed by atoms with Crippen LogP contribution in [0.2, 0.25) is 0 Å². The highest BCUT2D eigenvalue weighted by Crippen LogP contribution is 2.30. The van der Waals surface area contributed by atoms with Crippen molar-refractivity contribution < 1.29 is 14.6 Å². The van der Waals surface area contributed by atoms with E-state index in [1.54, 1.807) is 7.11 Å². The van der Waals surface area contributed by atoms with Crippen molar-refractivity contribution in [3.63, 3.8) is 0 Å². The number of allylic oxidation sites excluding steroid dienone is 1. The number of aliphatic hydroxyl groups excluding tert-OH is 1. The molecule has 0 saturated heterocycles. The Morgan fingerprint density at radius 1 is 0.828 bits per heavy atom. The minimum atomic E-state index is -0.508. The Bertz CT molecular complexity index is 857. The van der Waals surface area contributed by atoms with Gasteiger partial charge in [0.1, 0.15) is 6.79 Å². The highest BCUT2D eigenvalue weighted by molar-refractivity contribution is 5.51. The highest BCUT2D eigenvalue weighted by Gasteiger charge is 2.15. The van der Waals surface area contributed by atoms with Crippen molar-refractivity contribution in [3.8, 4) is 0 Å². The molecule has 0 aliphatic rings. The molecule has 0 unspecified atom stereocenters. The molecule has 3 aromatic rings. The first-order chi connectivity index (χ1) is 14.3. The SMILES string of the molecule is COCOCc1ccc(/C=C/[C@H](C[C@H](O)c2ccccc2)c2ccccc2)cc1. The highest BCUT2D eigenvalue weighted by atomic mass is 16.7. The Balaban J connectivity index is 1.71. The Labute approximate surface area is 173 Å².